The second-order valence-electron chi connectivity index (χ2n) is 5.67. The third-order valence-corrected chi connectivity index (χ3v) is 4.11. The molecule has 1 heterocycles. The Kier molecular flexibility index (Phi) is 3.93. The molecule has 0 bridgehead atoms. The Morgan fingerprint density at radius 3 is 2.90 bits per heavy atom. The number of halogens is 1. The summed E-state index contributed by atoms with van der Waals surface area (Å²) in [6.45, 7) is 3.49. The first kappa shape index (κ1) is 14.1. The van der Waals surface area contributed by atoms with Crippen LogP contribution in [0.5, 0.6) is 0 Å². The van der Waals surface area contributed by atoms with Gasteiger partial charge in [-0.3, -0.25) is 0 Å². The van der Waals surface area contributed by atoms with Gasteiger partial charge in [-0.1, -0.05) is 29.8 Å². The Labute approximate surface area is 125 Å². The van der Waals surface area contributed by atoms with Gasteiger partial charge in [-0.25, -0.2) is 4.39 Å². The van der Waals surface area contributed by atoms with Crippen LogP contribution in [0.25, 0.3) is 0 Å². The van der Waals surface area contributed by atoms with Crippen molar-refractivity contribution in [3.05, 3.63) is 58.9 Å². The summed E-state index contributed by atoms with van der Waals surface area (Å²) in [5.74, 6) is -0.158. The summed E-state index contributed by atoms with van der Waals surface area (Å²) in [6.07, 6.45) is 2.81. The number of para-hydroxylation sites is 1. The van der Waals surface area contributed by atoms with E-state index >= 15 is 0 Å². The molecule has 0 saturated carbocycles. The summed E-state index contributed by atoms with van der Waals surface area (Å²) in [6, 6.07) is 11.7. The molecule has 110 valence electrons. The van der Waals surface area contributed by atoms with E-state index in [1.54, 1.807) is 6.07 Å². The molecule has 0 saturated heterocycles. The average Bonchev–Trinajstić information content (AvgIpc) is 2.47. The average molecular weight is 284 g/mol. The van der Waals surface area contributed by atoms with E-state index in [4.69, 9.17) is 5.73 Å². The molecular weight excluding hydrogens is 263 g/mol. The molecule has 0 atom stereocenters. The van der Waals surface area contributed by atoms with Crippen LogP contribution in [0.4, 0.5) is 15.8 Å². The zero-order valence-electron chi connectivity index (χ0n) is 12.4. The van der Waals surface area contributed by atoms with Gasteiger partial charge < -0.3 is 10.6 Å². The number of anilines is 2. The van der Waals surface area contributed by atoms with Crippen LogP contribution in [-0.2, 0) is 12.8 Å². The summed E-state index contributed by atoms with van der Waals surface area (Å²) in [5, 5.41) is 0. The maximum Gasteiger partial charge on any atom is 0.147 e. The van der Waals surface area contributed by atoms with Gasteiger partial charge in [0.2, 0.25) is 0 Å². The SMILES string of the molecule is Cc1ccc2c(c1)CCCN2c1c(F)cccc1CCN. The second-order valence-corrected chi connectivity index (χ2v) is 5.67. The molecule has 2 nitrogen and oxygen atoms in total. The molecule has 2 N–H and O–H groups in total. The third-order valence-electron chi connectivity index (χ3n) is 4.11. The normalized spacial score (nSPS) is 14.1. The molecule has 1 aliphatic heterocycles. The second kappa shape index (κ2) is 5.86. The number of rotatable bonds is 3. The van der Waals surface area contributed by atoms with E-state index in [1.807, 2.05) is 6.07 Å². The lowest BCUT2D eigenvalue weighted by atomic mass is 9.97. The standard InChI is InChI=1S/C18H21FN2/c1-13-7-8-17-15(12-13)5-3-11-21(17)18-14(9-10-20)4-2-6-16(18)19/h2,4,6-8,12H,3,5,9-11,20H2,1H3. The Morgan fingerprint density at radius 1 is 1.24 bits per heavy atom. The number of hydrogen-bond acceptors (Lipinski definition) is 2. The van der Waals surface area contributed by atoms with Crippen molar-refractivity contribution in [2.24, 2.45) is 5.73 Å². The molecule has 0 aliphatic carbocycles. The van der Waals surface area contributed by atoms with Crippen LogP contribution >= 0.6 is 0 Å². The van der Waals surface area contributed by atoms with Crippen molar-refractivity contribution in [2.45, 2.75) is 26.2 Å². The highest BCUT2D eigenvalue weighted by atomic mass is 19.1. The van der Waals surface area contributed by atoms with Gasteiger partial charge in [-0.2, -0.15) is 0 Å². The topological polar surface area (TPSA) is 29.3 Å². The van der Waals surface area contributed by atoms with Crippen molar-refractivity contribution in [3.63, 3.8) is 0 Å². The Hall–Kier alpha value is -1.87. The molecule has 0 aromatic heterocycles. The quantitative estimate of drug-likeness (QED) is 0.930. The van der Waals surface area contributed by atoms with Gasteiger partial charge in [0, 0.05) is 12.2 Å². The number of nitrogens with two attached hydrogens (primary N) is 1. The minimum Gasteiger partial charge on any atom is -0.339 e. The molecule has 0 radical (unpaired) electrons. The van der Waals surface area contributed by atoms with E-state index in [0.717, 1.165) is 30.6 Å². The van der Waals surface area contributed by atoms with Crippen molar-refractivity contribution in [2.75, 3.05) is 18.0 Å². The Balaban J connectivity index is 2.11. The monoisotopic (exact) mass is 284 g/mol. The smallest absolute Gasteiger partial charge is 0.147 e. The number of benzene rings is 2. The predicted molar refractivity (Wildman–Crippen MR) is 85.7 cm³/mol. The van der Waals surface area contributed by atoms with Crippen molar-refractivity contribution in [1.82, 2.24) is 0 Å². The minimum absolute atomic E-state index is 0.158. The highest BCUT2D eigenvalue weighted by Crippen LogP contribution is 2.37. The fourth-order valence-electron chi connectivity index (χ4n) is 3.18. The molecule has 0 spiro atoms. The van der Waals surface area contributed by atoms with Crippen LogP contribution < -0.4 is 10.6 Å². The first-order valence-electron chi connectivity index (χ1n) is 7.55. The molecule has 2 aromatic rings. The Bertz CT molecular complexity index is 652. The predicted octanol–water partition coefficient (Wildman–Crippen LogP) is 3.72. The Morgan fingerprint density at radius 2 is 2.10 bits per heavy atom. The van der Waals surface area contributed by atoms with Gasteiger partial charge >= 0.3 is 0 Å². The lowest BCUT2D eigenvalue weighted by Gasteiger charge is -2.33. The van der Waals surface area contributed by atoms with E-state index < -0.39 is 0 Å². The van der Waals surface area contributed by atoms with E-state index in [-0.39, 0.29) is 5.82 Å². The molecule has 1 aliphatic rings. The van der Waals surface area contributed by atoms with E-state index in [0.29, 0.717) is 18.7 Å². The summed E-state index contributed by atoms with van der Waals surface area (Å²) < 4.78 is 14.4. The molecule has 2 aromatic carbocycles. The zero-order valence-corrected chi connectivity index (χ0v) is 12.4. The fourth-order valence-corrected chi connectivity index (χ4v) is 3.18. The molecule has 3 rings (SSSR count). The number of hydrogen-bond donors (Lipinski definition) is 1. The van der Waals surface area contributed by atoms with Gasteiger partial charge in [-0.15, -0.1) is 0 Å². The van der Waals surface area contributed by atoms with Gasteiger partial charge in [0.1, 0.15) is 5.82 Å². The van der Waals surface area contributed by atoms with Crippen LogP contribution in [0.15, 0.2) is 36.4 Å². The number of aryl methyl sites for hydroxylation is 2. The molecule has 0 amide bonds. The number of nitrogens with zero attached hydrogens (tertiary/aromatic N) is 1. The van der Waals surface area contributed by atoms with Crippen LogP contribution in [0.2, 0.25) is 0 Å². The largest absolute Gasteiger partial charge is 0.339 e. The lowest BCUT2D eigenvalue weighted by Crippen LogP contribution is -2.27. The highest BCUT2D eigenvalue weighted by molar-refractivity contribution is 5.71. The van der Waals surface area contributed by atoms with Gasteiger partial charge in [-0.05, 0) is 56.0 Å². The molecular formula is C18H21FN2. The first-order chi connectivity index (χ1) is 10.2. The highest BCUT2D eigenvalue weighted by Gasteiger charge is 2.22. The van der Waals surface area contributed by atoms with Crippen LogP contribution in [-0.4, -0.2) is 13.1 Å². The van der Waals surface area contributed by atoms with Crippen molar-refractivity contribution < 1.29 is 4.39 Å². The maximum absolute atomic E-state index is 14.4. The van der Waals surface area contributed by atoms with Gasteiger partial charge in [0.05, 0.1) is 5.69 Å². The number of fused-ring (bicyclic) bond motifs is 1. The fraction of sp³-hybridized carbons (Fsp3) is 0.333. The first-order valence-corrected chi connectivity index (χ1v) is 7.55. The molecule has 3 heteroatoms. The van der Waals surface area contributed by atoms with Crippen molar-refractivity contribution in [1.29, 1.82) is 0 Å². The lowest BCUT2D eigenvalue weighted by molar-refractivity contribution is 0.617. The minimum atomic E-state index is -0.158. The molecule has 0 fully saturated rings. The van der Waals surface area contributed by atoms with Gasteiger partial charge in [0.15, 0.2) is 0 Å². The van der Waals surface area contributed by atoms with Gasteiger partial charge in [0.25, 0.3) is 0 Å². The van der Waals surface area contributed by atoms with E-state index in [2.05, 4.69) is 30.0 Å². The summed E-state index contributed by atoms with van der Waals surface area (Å²) in [4.78, 5) is 2.12. The van der Waals surface area contributed by atoms with E-state index in [1.165, 1.54) is 17.2 Å². The third kappa shape index (κ3) is 2.66. The maximum atomic E-state index is 14.4. The summed E-state index contributed by atoms with van der Waals surface area (Å²) in [5.41, 5.74) is 11.1. The van der Waals surface area contributed by atoms with Crippen LogP contribution in [0.3, 0.4) is 0 Å². The van der Waals surface area contributed by atoms with Crippen molar-refractivity contribution >= 4 is 11.4 Å². The van der Waals surface area contributed by atoms with Crippen molar-refractivity contribution in [3.8, 4) is 0 Å². The van der Waals surface area contributed by atoms with Crippen LogP contribution in [0, 0.1) is 12.7 Å². The summed E-state index contributed by atoms with van der Waals surface area (Å²) >= 11 is 0. The van der Waals surface area contributed by atoms with Crippen LogP contribution in [0.1, 0.15) is 23.1 Å². The molecule has 0 unspecified atom stereocenters. The summed E-state index contributed by atoms with van der Waals surface area (Å²) in [7, 11) is 0. The molecule has 21 heavy (non-hydrogen) atoms. The zero-order chi connectivity index (χ0) is 14.8. The van der Waals surface area contributed by atoms with E-state index in [9.17, 15) is 4.39 Å².